The lowest BCUT2D eigenvalue weighted by Crippen LogP contribution is -2.19. The lowest BCUT2D eigenvalue weighted by molar-refractivity contribution is 0.768. The standard InChI is InChI=1S/C19H19N7/c1-25-11-14(10-22-25)13-4-5-16-15(8-13)19(24-23-16)17-9-18(21-12-20-17)26-6-2-3-7-26/h4-5,8-12H,2-3,6-7H2,1H3,(H,23,24). The minimum absolute atomic E-state index is 0.844. The van der Waals surface area contributed by atoms with Gasteiger partial charge in [-0.05, 0) is 30.5 Å². The first kappa shape index (κ1) is 15.1. The van der Waals surface area contributed by atoms with E-state index in [1.54, 1.807) is 6.33 Å². The van der Waals surface area contributed by atoms with E-state index in [0.717, 1.165) is 52.3 Å². The molecule has 0 atom stereocenters. The number of hydrogen-bond donors (Lipinski definition) is 1. The SMILES string of the molecule is Cn1cc(-c2ccc3[nH]nc(-c4cc(N5CCCC5)ncn4)c3c2)cn1. The molecule has 0 radical (unpaired) electrons. The zero-order chi connectivity index (χ0) is 17.5. The van der Waals surface area contributed by atoms with Gasteiger partial charge >= 0.3 is 0 Å². The monoisotopic (exact) mass is 345 g/mol. The van der Waals surface area contributed by atoms with E-state index in [1.165, 1.54) is 12.8 Å². The van der Waals surface area contributed by atoms with Crippen LogP contribution in [0.25, 0.3) is 33.4 Å². The lowest BCUT2D eigenvalue weighted by atomic mass is 10.1. The zero-order valence-corrected chi connectivity index (χ0v) is 14.6. The first-order chi connectivity index (χ1) is 12.8. The Bertz CT molecular complexity index is 1070. The third kappa shape index (κ3) is 2.52. The zero-order valence-electron chi connectivity index (χ0n) is 14.6. The topological polar surface area (TPSA) is 75.5 Å². The van der Waals surface area contributed by atoms with Gasteiger partial charge in [0.1, 0.15) is 17.8 Å². The van der Waals surface area contributed by atoms with Gasteiger partial charge in [0.15, 0.2) is 0 Å². The number of benzene rings is 1. The molecule has 0 bridgehead atoms. The Kier molecular flexibility index (Phi) is 3.44. The van der Waals surface area contributed by atoms with E-state index >= 15 is 0 Å². The summed E-state index contributed by atoms with van der Waals surface area (Å²) in [5.41, 5.74) is 4.89. The van der Waals surface area contributed by atoms with Crippen LogP contribution in [0.1, 0.15) is 12.8 Å². The highest BCUT2D eigenvalue weighted by Gasteiger charge is 2.17. The molecule has 7 heteroatoms. The van der Waals surface area contributed by atoms with Gasteiger partial charge in [0.2, 0.25) is 0 Å². The molecular weight excluding hydrogens is 326 g/mol. The molecular formula is C19H19N7. The maximum absolute atomic E-state index is 4.52. The van der Waals surface area contributed by atoms with Crippen molar-refractivity contribution in [2.75, 3.05) is 18.0 Å². The Morgan fingerprint density at radius 2 is 1.92 bits per heavy atom. The maximum atomic E-state index is 4.52. The molecule has 0 aliphatic carbocycles. The largest absolute Gasteiger partial charge is 0.357 e. The molecule has 0 spiro atoms. The molecule has 26 heavy (non-hydrogen) atoms. The second kappa shape index (κ2) is 5.94. The average molecular weight is 345 g/mol. The smallest absolute Gasteiger partial charge is 0.132 e. The molecule has 5 rings (SSSR count). The third-order valence-electron chi connectivity index (χ3n) is 4.93. The lowest BCUT2D eigenvalue weighted by Gasteiger charge is -2.16. The molecule has 3 aromatic heterocycles. The maximum Gasteiger partial charge on any atom is 0.132 e. The number of aromatic amines is 1. The summed E-state index contributed by atoms with van der Waals surface area (Å²) in [7, 11) is 1.92. The number of anilines is 1. The first-order valence-corrected chi connectivity index (χ1v) is 8.82. The number of nitrogens with one attached hydrogen (secondary N) is 1. The molecule has 1 aliphatic rings. The van der Waals surface area contributed by atoms with Gasteiger partial charge in [-0.2, -0.15) is 10.2 Å². The summed E-state index contributed by atoms with van der Waals surface area (Å²) in [6.07, 6.45) is 7.96. The molecule has 1 aromatic carbocycles. The number of aryl methyl sites for hydroxylation is 1. The van der Waals surface area contributed by atoms with Gasteiger partial charge in [0.25, 0.3) is 0 Å². The van der Waals surface area contributed by atoms with Gasteiger partial charge in [-0.15, -0.1) is 0 Å². The van der Waals surface area contributed by atoms with Crippen LogP contribution in [0.4, 0.5) is 5.82 Å². The summed E-state index contributed by atoms with van der Waals surface area (Å²) >= 11 is 0. The fourth-order valence-electron chi connectivity index (χ4n) is 3.55. The van der Waals surface area contributed by atoms with Crippen molar-refractivity contribution >= 4 is 16.7 Å². The molecule has 7 nitrogen and oxygen atoms in total. The molecule has 0 unspecified atom stereocenters. The Hall–Kier alpha value is -3.22. The Labute approximate surface area is 150 Å². The van der Waals surface area contributed by atoms with Gasteiger partial charge in [-0.1, -0.05) is 6.07 Å². The molecule has 4 heterocycles. The summed E-state index contributed by atoms with van der Waals surface area (Å²) in [4.78, 5) is 11.2. The van der Waals surface area contributed by atoms with Crippen LogP contribution >= 0.6 is 0 Å². The predicted octanol–water partition coefficient (Wildman–Crippen LogP) is 3.02. The van der Waals surface area contributed by atoms with E-state index in [2.05, 4.69) is 48.4 Å². The summed E-state index contributed by atoms with van der Waals surface area (Å²) in [5.74, 6) is 0.979. The van der Waals surface area contributed by atoms with Crippen molar-refractivity contribution in [3.05, 3.63) is 43.0 Å². The highest BCUT2D eigenvalue weighted by atomic mass is 15.2. The molecule has 4 aromatic rings. The van der Waals surface area contributed by atoms with Crippen molar-refractivity contribution in [1.29, 1.82) is 0 Å². The predicted molar refractivity (Wildman–Crippen MR) is 101 cm³/mol. The Morgan fingerprint density at radius 1 is 1.04 bits per heavy atom. The van der Waals surface area contributed by atoms with E-state index < -0.39 is 0 Å². The van der Waals surface area contributed by atoms with Gasteiger partial charge in [0.05, 0.1) is 17.4 Å². The van der Waals surface area contributed by atoms with Crippen LogP contribution in [-0.4, -0.2) is 43.0 Å². The first-order valence-electron chi connectivity index (χ1n) is 8.82. The number of fused-ring (bicyclic) bond motifs is 1. The minimum atomic E-state index is 0.844. The van der Waals surface area contributed by atoms with Crippen molar-refractivity contribution in [3.63, 3.8) is 0 Å². The van der Waals surface area contributed by atoms with Crippen LogP contribution in [-0.2, 0) is 7.05 Å². The van der Waals surface area contributed by atoms with E-state index in [4.69, 9.17) is 0 Å². The van der Waals surface area contributed by atoms with Crippen LogP contribution in [0.15, 0.2) is 43.0 Å². The Balaban J connectivity index is 1.59. The van der Waals surface area contributed by atoms with Gasteiger partial charge < -0.3 is 4.90 Å². The molecule has 1 aliphatic heterocycles. The molecule has 1 saturated heterocycles. The van der Waals surface area contributed by atoms with Gasteiger partial charge in [-0.25, -0.2) is 9.97 Å². The van der Waals surface area contributed by atoms with Gasteiger partial charge in [-0.3, -0.25) is 9.78 Å². The van der Waals surface area contributed by atoms with Crippen molar-refractivity contribution in [2.45, 2.75) is 12.8 Å². The van der Waals surface area contributed by atoms with E-state index in [-0.39, 0.29) is 0 Å². The molecule has 0 saturated carbocycles. The molecule has 0 amide bonds. The van der Waals surface area contributed by atoms with Crippen LogP contribution in [0, 0.1) is 0 Å². The summed E-state index contributed by atoms with van der Waals surface area (Å²) < 4.78 is 1.81. The highest BCUT2D eigenvalue weighted by Crippen LogP contribution is 2.30. The van der Waals surface area contributed by atoms with E-state index in [1.807, 2.05) is 30.2 Å². The van der Waals surface area contributed by atoms with Crippen molar-refractivity contribution < 1.29 is 0 Å². The minimum Gasteiger partial charge on any atom is -0.357 e. The number of aromatic nitrogens is 6. The quantitative estimate of drug-likeness (QED) is 0.618. The number of hydrogen-bond acceptors (Lipinski definition) is 5. The second-order valence-electron chi connectivity index (χ2n) is 6.69. The van der Waals surface area contributed by atoms with Crippen molar-refractivity contribution in [2.24, 2.45) is 7.05 Å². The highest BCUT2D eigenvalue weighted by molar-refractivity contribution is 5.95. The summed E-state index contributed by atoms with van der Waals surface area (Å²) in [6.45, 7) is 2.12. The van der Waals surface area contributed by atoms with Gasteiger partial charge in [0, 0.05) is 43.4 Å². The van der Waals surface area contributed by atoms with Crippen LogP contribution in [0.5, 0.6) is 0 Å². The summed E-state index contributed by atoms with van der Waals surface area (Å²) in [6, 6.07) is 8.31. The van der Waals surface area contributed by atoms with Crippen LogP contribution in [0.2, 0.25) is 0 Å². The average Bonchev–Trinajstić information content (AvgIpc) is 3.42. The molecule has 1 fully saturated rings. The normalized spacial score (nSPS) is 14.4. The van der Waals surface area contributed by atoms with E-state index in [0.29, 0.717) is 0 Å². The van der Waals surface area contributed by atoms with Crippen LogP contribution < -0.4 is 4.90 Å². The fourth-order valence-corrected chi connectivity index (χ4v) is 3.55. The number of nitrogens with zero attached hydrogens (tertiary/aromatic N) is 6. The molecule has 130 valence electrons. The van der Waals surface area contributed by atoms with Crippen molar-refractivity contribution in [3.8, 4) is 22.5 Å². The van der Waals surface area contributed by atoms with Crippen molar-refractivity contribution in [1.82, 2.24) is 29.9 Å². The fraction of sp³-hybridized carbons (Fsp3) is 0.263. The molecule has 1 N–H and O–H groups in total. The third-order valence-corrected chi connectivity index (χ3v) is 4.93. The number of rotatable bonds is 3. The second-order valence-corrected chi connectivity index (χ2v) is 6.69. The summed E-state index contributed by atoms with van der Waals surface area (Å²) in [5, 5.41) is 13.0. The Morgan fingerprint density at radius 3 is 2.73 bits per heavy atom. The number of H-pyrrole nitrogens is 1. The van der Waals surface area contributed by atoms with Crippen LogP contribution in [0.3, 0.4) is 0 Å². The van der Waals surface area contributed by atoms with E-state index in [9.17, 15) is 0 Å².